The predicted molar refractivity (Wildman–Crippen MR) is 89.3 cm³/mol. The summed E-state index contributed by atoms with van der Waals surface area (Å²) < 4.78 is 0. The molecule has 2 heteroatoms. The Kier molecular flexibility index (Phi) is 4.11. The molecule has 1 aliphatic heterocycles. The number of likely N-dealkylation sites (tertiary alicyclic amines) is 1. The van der Waals surface area contributed by atoms with Gasteiger partial charge in [-0.25, -0.2) is 0 Å². The highest BCUT2D eigenvalue weighted by Crippen LogP contribution is 2.45. The van der Waals surface area contributed by atoms with E-state index < -0.39 is 0 Å². The van der Waals surface area contributed by atoms with Crippen molar-refractivity contribution in [1.82, 2.24) is 4.90 Å². The lowest BCUT2D eigenvalue weighted by Gasteiger charge is -2.52. The van der Waals surface area contributed by atoms with Crippen LogP contribution in [0.3, 0.4) is 0 Å². The Hall–Kier alpha value is -0.860. The summed E-state index contributed by atoms with van der Waals surface area (Å²) in [7, 11) is 0. The largest absolute Gasteiger partial charge is 0.328 e. The molecule has 21 heavy (non-hydrogen) atoms. The SMILES string of the molecule is CC1CC(C)CN(C2(CN)CCC(C)c3ccccc32)C1. The Morgan fingerprint density at radius 3 is 2.48 bits per heavy atom. The molecular formula is C19H30N2. The van der Waals surface area contributed by atoms with Crippen LogP contribution in [-0.2, 0) is 5.54 Å². The second kappa shape index (κ2) is 5.73. The molecule has 0 bridgehead atoms. The molecule has 0 spiro atoms. The summed E-state index contributed by atoms with van der Waals surface area (Å²) in [5.74, 6) is 2.23. The Morgan fingerprint density at radius 1 is 1.14 bits per heavy atom. The molecule has 2 aliphatic rings. The van der Waals surface area contributed by atoms with Crippen LogP contribution >= 0.6 is 0 Å². The Morgan fingerprint density at radius 2 is 1.81 bits per heavy atom. The molecule has 1 aromatic carbocycles. The van der Waals surface area contributed by atoms with Gasteiger partial charge in [0.05, 0.1) is 5.54 Å². The van der Waals surface area contributed by atoms with Gasteiger partial charge in [-0.05, 0) is 48.1 Å². The number of fused-ring (bicyclic) bond motifs is 1. The fourth-order valence-corrected chi connectivity index (χ4v) is 4.78. The van der Waals surface area contributed by atoms with Gasteiger partial charge >= 0.3 is 0 Å². The lowest BCUT2D eigenvalue weighted by molar-refractivity contribution is 0.0127. The highest BCUT2D eigenvalue weighted by molar-refractivity contribution is 5.39. The second-order valence-corrected chi connectivity index (χ2v) is 7.61. The first kappa shape index (κ1) is 15.1. The first-order valence-electron chi connectivity index (χ1n) is 8.61. The van der Waals surface area contributed by atoms with E-state index in [-0.39, 0.29) is 5.54 Å². The van der Waals surface area contributed by atoms with Gasteiger partial charge in [-0.2, -0.15) is 0 Å². The van der Waals surface area contributed by atoms with E-state index in [0.717, 1.165) is 18.4 Å². The number of rotatable bonds is 2. The maximum atomic E-state index is 6.38. The van der Waals surface area contributed by atoms with Crippen molar-refractivity contribution in [1.29, 1.82) is 0 Å². The molecule has 2 N–H and O–H groups in total. The van der Waals surface area contributed by atoms with Crippen LogP contribution in [0.1, 0.15) is 57.1 Å². The lowest BCUT2D eigenvalue weighted by atomic mass is 9.70. The number of piperidine rings is 1. The molecule has 0 saturated carbocycles. The van der Waals surface area contributed by atoms with Crippen LogP contribution in [0.5, 0.6) is 0 Å². The fourth-order valence-electron chi connectivity index (χ4n) is 4.78. The summed E-state index contributed by atoms with van der Waals surface area (Å²) in [4.78, 5) is 2.72. The quantitative estimate of drug-likeness (QED) is 0.898. The molecule has 0 aromatic heterocycles. The number of nitrogens with two attached hydrogens (primary N) is 1. The first-order valence-corrected chi connectivity index (χ1v) is 8.61. The minimum Gasteiger partial charge on any atom is -0.328 e. The van der Waals surface area contributed by atoms with Gasteiger partial charge in [-0.1, -0.05) is 45.0 Å². The van der Waals surface area contributed by atoms with Gasteiger partial charge < -0.3 is 5.73 Å². The maximum absolute atomic E-state index is 6.38. The van der Waals surface area contributed by atoms with E-state index in [1.54, 1.807) is 0 Å². The molecule has 116 valence electrons. The van der Waals surface area contributed by atoms with E-state index >= 15 is 0 Å². The van der Waals surface area contributed by atoms with Crippen molar-refractivity contribution in [3.8, 4) is 0 Å². The van der Waals surface area contributed by atoms with E-state index in [2.05, 4.69) is 49.9 Å². The minimum atomic E-state index is 0.0754. The van der Waals surface area contributed by atoms with E-state index in [1.165, 1.54) is 43.5 Å². The van der Waals surface area contributed by atoms with E-state index in [0.29, 0.717) is 5.92 Å². The summed E-state index contributed by atoms with van der Waals surface area (Å²) in [6.45, 7) is 10.3. The summed E-state index contributed by atoms with van der Waals surface area (Å²) in [5.41, 5.74) is 9.49. The lowest BCUT2D eigenvalue weighted by Crippen LogP contribution is -2.57. The summed E-state index contributed by atoms with van der Waals surface area (Å²) in [6, 6.07) is 9.03. The fraction of sp³-hybridized carbons (Fsp3) is 0.684. The Labute approximate surface area is 129 Å². The maximum Gasteiger partial charge on any atom is 0.0586 e. The number of hydrogen-bond acceptors (Lipinski definition) is 2. The molecule has 0 amide bonds. The summed E-state index contributed by atoms with van der Waals surface area (Å²) >= 11 is 0. The third-order valence-corrected chi connectivity index (χ3v) is 5.80. The van der Waals surface area contributed by atoms with Gasteiger partial charge in [0, 0.05) is 19.6 Å². The standard InChI is InChI=1S/C19H30N2/c1-14-10-15(2)12-21(11-14)19(13-20)9-8-16(3)17-6-4-5-7-18(17)19/h4-7,14-16H,8-13,20H2,1-3H3. The van der Waals surface area contributed by atoms with E-state index in [4.69, 9.17) is 5.73 Å². The topological polar surface area (TPSA) is 29.3 Å². The molecule has 1 saturated heterocycles. The Balaban J connectivity index is 2.02. The van der Waals surface area contributed by atoms with Crippen molar-refractivity contribution >= 4 is 0 Å². The normalized spacial score (nSPS) is 37.2. The van der Waals surface area contributed by atoms with Crippen molar-refractivity contribution < 1.29 is 0 Å². The van der Waals surface area contributed by atoms with Crippen molar-refractivity contribution in [3.63, 3.8) is 0 Å². The van der Waals surface area contributed by atoms with Gasteiger partial charge in [0.2, 0.25) is 0 Å². The zero-order chi connectivity index (χ0) is 15.0. The molecule has 2 nitrogen and oxygen atoms in total. The van der Waals surface area contributed by atoms with Crippen LogP contribution in [0.25, 0.3) is 0 Å². The third kappa shape index (κ3) is 2.53. The van der Waals surface area contributed by atoms with Gasteiger partial charge in [-0.3, -0.25) is 4.90 Å². The first-order chi connectivity index (χ1) is 10.1. The predicted octanol–water partition coefficient (Wildman–Crippen LogP) is 3.72. The van der Waals surface area contributed by atoms with Crippen molar-refractivity contribution in [2.24, 2.45) is 17.6 Å². The van der Waals surface area contributed by atoms with Gasteiger partial charge in [0.15, 0.2) is 0 Å². The van der Waals surface area contributed by atoms with Gasteiger partial charge in [-0.15, -0.1) is 0 Å². The number of hydrogen-bond donors (Lipinski definition) is 1. The summed E-state index contributed by atoms with van der Waals surface area (Å²) in [6.07, 6.45) is 3.82. The molecule has 1 heterocycles. The highest BCUT2D eigenvalue weighted by Gasteiger charge is 2.44. The Bertz CT molecular complexity index is 488. The molecule has 1 aromatic rings. The number of benzene rings is 1. The van der Waals surface area contributed by atoms with Crippen LogP contribution < -0.4 is 5.73 Å². The monoisotopic (exact) mass is 286 g/mol. The van der Waals surface area contributed by atoms with Gasteiger partial charge in [0.1, 0.15) is 0 Å². The molecule has 3 rings (SSSR count). The zero-order valence-corrected chi connectivity index (χ0v) is 13.8. The van der Waals surface area contributed by atoms with Crippen molar-refractivity contribution in [2.75, 3.05) is 19.6 Å². The van der Waals surface area contributed by atoms with Crippen molar-refractivity contribution in [2.45, 2.75) is 51.5 Å². The molecular weight excluding hydrogens is 256 g/mol. The van der Waals surface area contributed by atoms with Crippen LogP contribution in [0.15, 0.2) is 24.3 Å². The van der Waals surface area contributed by atoms with E-state index in [9.17, 15) is 0 Å². The van der Waals surface area contributed by atoms with Crippen LogP contribution in [-0.4, -0.2) is 24.5 Å². The average molecular weight is 286 g/mol. The number of nitrogens with zero attached hydrogens (tertiary/aromatic N) is 1. The molecule has 1 aliphatic carbocycles. The summed E-state index contributed by atoms with van der Waals surface area (Å²) in [5, 5.41) is 0. The second-order valence-electron chi connectivity index (χ2n) is 7.61. The molecule has 0 radical (unpaired) electrons. The van der Waals surface area contributed by atoms with Crippen molar-refractivity contribution in [3.05, 3.63) is 35.4 Å². The average Bonchev–Trinajstić information content (AvgIpc) is 2.47. The highest BCUT2D eigenvalue weighted by atomic mass is 15.2. The molecule has 4 unspecified atom stereocenters. The third-order valence-electron chi connectivity index (χ3n) is 5.80. The molecule has 4 atom stereocenters. The van der Waals surface area contributed by atoms with Crippen LogP contribution in [0.2, 0.25) is 0 Å². The van der Waals surface area contributed by atoms with Crippen LogP contribution in [0, 0.1) is 11.8 Å². The van der Waals surface area contributed by atoms with E-state index in [1.807, 2.05) is 0 Å². The van der Waals surface area contributed by atoms with Crippen LogP contribution in [0.4, 0.5) is 0 Å². The minimum absolute atomic E-state index is 0.0754. The van der Waals surface area contributed by atoms with Gasteiger partial charge in [0.25, 0.3) is 0 Å². The zero-order valence-electron chi connectivity index (χ0n) is 13.8. The smallest absolute Gasteiger partial charge is 0.0586 e. The molecule has 1 fully saturated rings.